The standard InChI is InChI=1S/C18H20N6O2.2ClH/c25-18(16-11-9-19-6-5-12(11)23-24-16)20-10-3-4-13-14(8-10)22-17(21-13)15-2-1-7-26-15;;/h3-4,8,15,19H,1-2,5-7,9H2,(H,20,25)(H,21,22)(H,23,24);2*1H. The van der Waals surface area contributed by atoms with E-state index in [2.05, 4.69) is 30.8 Å². The zero-order valence-electron chi connectivity index (χ0n) is 15.1. The highest BCUT2D eigenvalue weighted by Gasteiger charge is 2.23. The number of H-pyrrole nitrogens is 2. The highest BCUT2D eigenvalue weighted by molar-refractivity contribution is 6.04. The summed E-state index contributed by atoms with van der Waals surface area (Å²) in [5, 5.41) is 13.4. The number of aromatic nitrogens is 4. The van der Waals surface area contributed by atoms with Crippen LogP contribution in [0, 0.1) is 0 Å². The molecule has 0 bridgehead atoms. The Balaban J connectivity index is 0.00000112. The van der Waals surface area contributed by atoms with Gasteiger partial charge in [0.15, 0.2) is 5.69 Å². The van der Waals surface area contributed by atoms with E-state index in [0.29, 0.717) is 17.9 Å². The Morgan fingerprint density at radius 2 is 2.18 bits per heavy atom. The summed E-state index contributed by atoms with van der Waals surface area (Å²) in [5.41, 5.74) is 4.92. The van der Waals surface area contributed by atoms with Crippen LogP contribution in [-0.2, 0) is 17.7 Å². The summed E-state index contributed by atoms with van der Waals surface area (Å²) in [4.78, 5) is 20.6. The topological polar surface area (TPSA) is 108 Å². The number of fused-ring (bicyclic) bond motifs is 2. The van der Waals surface area contributed by atoms with Crippen molar-refractivity contribution in [3.8, 4) is 0 Å². The molecule has 5 rings (SSSR count). The number of hydrogen-bond acceptors (Lipinski definition) is 5. The molecular formula is C18H22Cl2N6O2. The molecule has 1 amide bonds. The van der Waals surface area contributed by atoms with Crippen LogP contribution < -0.4 is 10.6 Å². The molecule has 1 unspecified atom stereocenters. The Labute approximate surface area is 174 Å². The molecule has 28 heavy (non-hydrogen) atoms. The fourth-order valence-corrected chi connectivity index (χ4v) is 3.66. The molecule has 3 aromatic rings. The molecule has 1 atom stereocenters. The first-order valence-electron chi connectivity index (χ1n) is 8.97. The van der Waals surface area contributed by atoms with Crippen LogP contribution in [0.2, 0.25) is 0 Å². The number of aromatic amines is 2. The minimum atomic E-state index is -0.204. The largest absolute Gasteiger partial charge is 0.370 e. The van der Waals surface area contributed by atoms with Gasteiger partial charge in [0.25, 0.3) is 5.91 Å². The lowest BCUT2D eigenvalue weighted by atomic mass is 10.1. The predicted octanol–water partition coefficient (Wildman–Crippen LogP) is 2.88. The van der Waals surface area contributed by atoms with Gasteiger partial charge in [0.05, 0.1) is 11.0 Å². The van der Waals surface area contributed by atoms with E-state index in [1.54, 1.807) is 0 Å². The second-order valence-corrected chi connectivity index (χ2v) is 6.77. The zero-order valence-corrected chi connectivity index (χ0v) is 16.7. The third-order valence-corrected chi connectivity index (χ3v) is 5.01. The average molecular weight is 425 g/mol. The van der Waals surface area contributed by atoms with Gasteiger partial charge < -0.3 is 20.4 Å². The van der Waals surface area contributed by atoms with Crippen LogP contribution in [-0.4, -0.2) is 39.2 Å². The number of rotatable bonds is 3. The molecule has 4 heterocycles. The molecule has 0 saturated carbocycles. The predicted molar refractivity (Wildman–Crippen MR) is 110 cm³/mol. The van der Waals surface area contributed by atoms with Crippen LogP contribution in [0.15, 0.2) is 18.2 Å². The normalized spacial score (nSPS) is 18.2. The van der Waals surface area contributed by atoms with Crippen molar-refractivity contribution >= 4 is 47.4 Å². The lowest BCUT2D eigenvalue weighted by molar-refractivity contribution is 0.102. The van der Waals surface area contributed by atoms with Crippen LogP contribution in [0.25, 0.3) is 11.0 Å². The molecule has 150 valence electrons. The fraction of sp³-hybridized carbons (Fsp3) is 0.389. The molecule has 2 aliphatic rings. The number of nitrogens with zero attached hydrogens (tertiary/aromatic N) is 2. The smallest absolute Gasteiger partial charge is 0.276 e. The van der Waals surface area contributed by atoms with E-state index in [4.69, 9.17) is 4.74 Å². The van der Waals surface area contributed by atoms with Crippen molar-refractivity contribution in [2.24, 2.45) is 0 Å². The Bertz CT molecular complexity index is 980. The first-order valence-corrected chi connectivity index (χ1v) is 8.97. The van der Waals surface area contributed by atoms with Crippen molar-refractivity contribution in [1.29, 1.82) is 0 Å². The first kappa shape index (κ1) is 20.6. The van der Waals surface area contributed by atoms with E-state index < -0.39 is 0 Å². The Morgan fingerprint density at radius 1 is 1.29 bits per heavy atom. The van der Waals surface area contributed by atoms with Crippen LogP contribution in [0.3, 0.4) is 0 Å². The molecule has 0 radical (unpaired) electrons. The Kier molecular flexibility index (Phi) is 6.24. The molecule has 0 aliphatic carbocycles. The summed E-state index contributed by atoms with van der Waals surface area (Å²) < 4.78 is 5.68. The number of benzene rings is 1. The molecule has 0 spiro atoms. The number of ether oxygens (including phenoxy) is 1. The van der Waals surface area contributed by atoms with Gasteiger partial charge in [0.1, 0.15) is 11.9 Å². The van der Waals surface area contributed by atoms with Gasteiger partial charge in [-0.15, -0.1) is 24.8 Å². The van der Waals surface area contributed by atoms with Gasteiger partial charge in [-0.3, -0.25) is 9.89 Å². The summed E-state index contributed by atoms with van der Waals surface area (Å²) in [5.74, 6) is 0.651. The van der Waals surface area contributed by atoms with Crippen molar-refractivity contribution in [2.45, 2.75) is 31.9 Å². The summed E-state index contributed by atoms with van der Waals surface area (Å²) in [6.07, 6.45) is 2.96. The number of imidazole rings is 1. The molecule has 1 aromatic carbocycles. The summed E-state index contributed by atoms with van der Waals surface area (Å²) in [6.45, 7) is 2.35. The number of halogens is 2. The second kappa shape index (κ2) is 8.48. The fourth-order valence-electron chi connectivity index (χ4n) is 3.66. The van der Waals surface area contributed by atoms with Crippen molar-refractivity contribution < 1.29 is 9.53 Å². The number of hydrogen-bond donors (Lipinski definition) is 4. The maximum Gasteiger partial charge on any atom is 0.276 e. The minimum Gasteiger partial charge on any atom is -0.370 e. The van der Waals surface area contributed by atoms with Crippen molar-refractivity contribution in [3.63, 3.8) is 0 Å². The van der Waals surface area contributed by atoms with Crippen molar-refractivity contribution in [1.82, 2.24) is 25.5 Å². The van der Waals surface area contributed by atoms with E-state index in [9.17, 15) is 4.79 Å². The summed E-state index contributed by atoms with van der Waals surface area (Å²) >= 11 is 0. The van der Waals surface area contributed by atoms with Crippen LogP contribution in [0.5, 0.6) is 0 Å². The number of amides is 1. The lowest BCUT2D eigenvalue weighted by Gasteiger charge is -2.12. The Hall–Kier alpha value is -2.13. The molecule has 8 nitrogen and oxygen atoms in total. The average Bonchev–Trinajstić information content (AvgIpc) is 3.39. The third kappa shape index (κ3) is 3.73. The molecular weight excluding hydrogens is 403 g/mol. The van der Waals surface area contributed by atoms with E-state index in [-0.39, 0.29) is 36.8 Å². The maximum atomic E-state index is 12.6. The van der Waals surface area contributed by atoms with Gasteiger partial charge in [0, 0.05) is 43.1 Å². The molecule has 2 aliphatic heterocycles. The molecule has 1 saturated heterocycles. The second-order valence-electron chi connectivity index (χ2n) is 6.77. The van der Waals surface area contributed by atoms with Crippen LogP contribution in [0.4, 0.5) is 5.69 Å². The molecule has 10 heteroatoms. The lowest BCUT2D eigenvalue weighted by Crippen LogP contribution is -2.25. The summed E-state index contributed by atoms with van der Waals surface area (Å²) in [6, 6.07) is 5.66. The summed E-state index contributed by atoms with van der Waals surface area (Å²) in [7, 11) is 0. The SMILES string of the molecule is Cl.Cl.O=C(Nc1ccc2nc(C3CCCO3)[nH]c2c1)c1n[nH]c2c1CNCC2. The van der Waals surface area contributed by atoms with E-state index >= 15 is 0 Å². The van der Waals surface area contributed by atoms with Gasteiger partial charge in [-0.25, -0.2) is 4.98 Å². The van der Waals surface area contributed by atoms with Gasteiger partial charge >= 0.3 is 0 Å². The molecule has 2 aromatic heterocycles. The minimum absolute atomic E-state index is 0. The number of nitrogens with one attached hydrogen (secondary N) is 4. The molecule has 4 N–H and O–H groups in total. The molecule has 1 fully saturated rings. The van der Waals surface area contributed by atoms with Gasteiger partial charge in [0.2, 0.25) is 0 Å². The van der Waals surface area contributed by atoms with Gasteiger partial charge in [-0.05, 0) is 31.0 Å². The van der Waals surface area contributed by atoms with E-state index in [0.717, 1.165) is 60.5 Å². The van der Waals surface area contributed by atoms with Crippen molar-refractivity contribution in [3.05, 3.63) is 41.0 Å². The van der Waals surface area contributed by atoms with E-state index in [1.165, 1.54) is 0 Å². The zero-order chi connectivity index (χ0) is 17.5. The van der Waals surface area contributed by atoms with Crippen LogP contribution in [0.1, 0.15) is 46.5 Å². The number of anilines is 1. The van der Waals surface area contributed by atoms with Gasteiger partial charge in [-0.2, -0.15) is 5.10 Å². The van der Waals surface area contributed by atoms with Crippen LogP contribution >= 0.6 is 24.8 Å². The van der Waals surface area contributed by atoms with E-state index in [1.807, 2.05) is 18.2 Å². The Morgan fingerprint density at radius 3 is 3.00 bits per heavy atom. The highest BCUT2D eigenvalue weighted by Crippen LogP contribution is 2.29. The third-order valence-electron chi connectivity index (χ3n) is 5.01. The van der Waals surface area contributed by atoms with Crippen molar-refractivity contribution in [2.75, 3.05) is 18.5 Å². The number of carbonyl (C=O) groups is 1. The number of carbonyl (C=O) groups excluding carboxylic acids is 1. The van der Waals surface area contributed by atoms with Gasteiger partial charge in [-0.1, -0.05) is 0 Å². The maximum absolute atomic E-state index is 12.6. The monoisotopic (exact) mass is 424 g/mol. The quantitative estimate of drug-likeness (QED) is 0.516. The highest BCUT2D eigenvalue weighted by atomic mass is 35.5. The first-order chi connectivity index (χ1) is 12.8.